The molecular weight excluding hydrogens is 200 g/mol. The highest BCUT2D eigenvalue weighted by Crippen LogP contribution is 2.22. The van der Waals surface area contributed by atoms with E-state index in [9.17, 15) is 0 Å². The molecule has 0 spiro atoms. The van der Waals surface area contributed by atoms with Crippen molar-refractivity contribution in [2.75, 3.05) is 0 Å². The predicted octanol–water partition coefficient (Wildman–Crippen LogP) is 4.82. The Hall–Kier alpha value is -0.820. The van der Waals surface area contributed by atoms with E-state index in [1.165, 1.54) is 47.8 Å². The minimum atomic E-state index is 1.23. The van der Waals surface area contributed by atoms with Crippen LogP contribution in [0.5, 0.6) is 0 Å². The van der Waals surface area contributed by atoms with Crippen LogP contribution in [0.1, 0.15) is 38.2 Å². The van der Waals surface area contributed by atoms with Gasteiger partial charge in [0.2, 0.25) is 0 Å². The molecule has 0 unspecified atom stereocenters. The first-order valence-electron chi connectivity index (χ1n) is 5.78. The van der Waals surface area contributed by atoms with E-state index in [1.807, 2.05) is 5.38 Å². The summed E-state index contributed by atoms with van der Waals surface area (Å²) >= 11 is 1.79. The van der Waals surface area contributed by atoms with Crippen LogP contribution in [0.15, 0.2) is 23.6 Å². The van der Waals surface area contributed by atoms with E-state index < -0.39 is 0 Å². The molecule has 2 aromatic rings. The number of benzene rings is 1. The molecule has 0 bridgehead atoms. The van der Waals surface area contributed by atoms with Crippen LogP contribution in [0, 0.1) is 6.07 Å². The van der Waals surface area contributed by atoms with Crippen LogP contribution in [0.25, 0.3) is 10.1 Å². The average molecular weight is 217 g/mol. The summed E-state index contributed by atoms with van der Waals surface area (Å²) in [6.45, 7) is 2.26. The molecule has 0 N–H and O–H groups in total. The first kappa shape index (κ1) is 10.7. The molecule has 1 aromatic heterocycles. The highest BCUT2D eigenvalue weighted by molar-refractivity contribution is 7.17. The number of fused-ring (bicyclic) bond motifs is 1. The third-order valence-electron chi connectivity index (χ3n) is 2.77. The van der Waals surface area contributed by atoms with Gasteiger partial charge in [0.1, 0.15) is 0 Å². The zero-order valence-corrected chi connectivity index (χ0v) is 10.1. The lowest BCUT2D eigenvalue weighted by molar-refractivity contribution is 0.667. The second-order valence-corrected chi connectivity index (χ2v) is 4.93. The maximum absolute atomic E-state index is 3.24. The van der Waals surface area contributed by atoms with Gasteiger partial charge < -0.3 is 0 Å². The summed E-state index contributed by atoms with van der Waals surface area (Å²) < 4.78 is 1.38. The molecule has 0 atom stereocenters. The fourth-order valence-electron chi connectivity index (χ4n) is 1.85. The first-order chi connectivity index (χ1) is 7.40. The fourth-order valence-corrected chi connectivity index (χ4v) is 2.64. The summed E-state index contributed by atoms with van der Waals surface area (Å²) in [5, 5.41) is 3.31. The number of hydrogen-bond acceptors (Lipinski definition) is 1. The van der Waals surface area contributed by atoms with Crippen molar-refractivity contribution in [2.45, 2.75) is 39.0 Å². The molecule has 0 fully saturated rings. The number of aryl methyl sites for hydroxylation is 1. The zero-order valence-electron chi connectivity index (χ0n) is 9.25. The largest absolute Gasteiger partial charge is 0.143 e. The Morgan fingerprint density at radius 3 is 3.00 bits per heavy atom. The van der Waals surface area contributed by atoms with E-state index in [2.05, 4.69) is 31.2 Å². The van der Waals surface area contributed by atoms with Gasteiger partial charge in [-0.1, -0.05) is 38.3 Å². The summed E-state index contributed by atoms with van der Waals surface area (Å²) in [6.07, 6.45) is 6.61. The van der Waals surface area contributed by atoms with E-state index in [0.29, 0.717) is 0 Å². The Morgan fingerprint density at radius 2 is 2.13 bits per heavy atom. The molecule has 0 aliphatic heterocycles. The Balaban J connectivity index is 1.96. The van der Waals surface area contributed by atoms with Crippen molar-refractivity contribution in [1.82, 2.24) is 0 Å². The molecule has 0 aliphatic rings. The molecule has 2 rings (SSSR count). The fraction of sp³-hybridized carbons (Fsp3) is 0.429. The maximum atomic E-state index is 3.24. The van der Waals surface area contributed by atoms with Crippen LogP contribution in [0.4, 0.5) is 0 Å². The van der Waals surface area contributed by atoms with Gasteiger partial charge in [-0.25, -0.2) is 0 Å². The molecule has 1 aromatic carbocycles. The quantitative estimate of drug-likeness (QED) is 0.630. The van der Waals surface area contributed by atoms with Gasteiger partial charge in [0.25, 0.3) is 0 Å². The number of rotatable bonds is 5. The van der Waals surface area contributed by atoms with Crippen molar-refractivity contribution in [3.63, 3.8) is 0 Å². The predicted molar refractivity (Wildman–Crippen MR) is 68.5 cm³/mol. The SMILES string of the molecule is CCCCCCc1ccc2[c]csc2c1. The summed E-state index contributed by atoms with van der Waals surface area (Å²) in [6, 6.07) is 10.0. The van der Waals surface area contributed by atoms with Crippen LogP contribution < -0.4 is 0 Å². The highest BCUT2D eigenvalue weighted by atomic mass is 32.1. The first-order valence-corrected chi connectivity index (χ1v) is 6.66. The molecule has 0 saturated heterocycles. The molecular formula is C14H17S. The normalized spacial score (nSPS) is 11.0. The Kier molecular flexibility index (Phi) is 3.79. The number of unbranched alkanes of at least 4 members (excludes halogenated alkanes) is 3. The lowest BCUT2D eigenvalue weighted by Gasteiger charge is -2.01. The highest BCUT2D eigenvalue weighted by Gasteiger charge is 1.98. The van der Waals surface area contributed by atoms with Gasteiger partial charge in [0.05, 0.1) is 0 Å². The van der Waals surface area contributed by atoms with E-state index in [-0.39, 0.29) is 0 Å². The molecule has 0 nitrogen and oxygen atoms in total. The van der Waals surface area contributed by atoms with Crippen LogP contribution in [0.3, 0.4) is 0 Å². The topological polar surface area (TPSA) is 0 Å². The average Bonchev–Trinajstić information content (AvgIpc) is 2.71. The smallest absolute Gasteiger partial charge is 0.0351 e. The maximum Gasteiger partial charge on any atom is 0.0351 e. The summed E-state index contributed by atoms with van der Waals surface area (Å²) in [5.41, 5.74) is 1.48. The molecule has 1 radical (unpaired) electrons. The zero-order chi connectivity index (χ0) is 10.5. The molecule has 15 heavy (non-hydrogen) atoms. The minimum absolute atomic E-state index is 1.23. The summed E-state index contributed by atoms with van der Waals surface area (Å²) in [4.78, 5) is 0. The van der Waals surface area contributed by atoms with Gasteiger partial charge >= 0.3 is 0 Å². The van der Waals surface area contributed by atoms with Gasteiger partial charge in [0, 0.05) is 16.2 Å². The Morgan fingerprint density at radius 1 is 1.20 bits per heavy atom. The van der Waals surface area contributed by atoms with Crippen LogP contribution >= 0.6 is 11.3 Å². The second kappa shape index (κ2) is 5.32. The van der Waals surface area contributed by atoms with Crippen molar-refractivity contribution >= 4 is 21.4 Å². The molecule has 0 amide bonds. The second-order valence-electron chi connectivity index (χ2n) is 4.02. The van der Waals surface area contributed by atoms with E-state index >= 15 is 0 Å². The van der Waals surface area contributed by atoms with Gasteiger partial charge in [0.15, 0.2) is 0 Å². The monoisotopic (exact) mass is 217 g/mol. The molecule has 79 valence electrons. The summed E-state index contributed by atoms with van der Waals surface area (Å²) in [5.74, 6) is 0. The van der Waals surface area contributed by atoms with Gasteiger partial charge in [-0.3, -0.25) is 0 Å². The van der Waals surface area contributed by atoms with Crippen LogP contribution in [0.2, 0.25) is 0 Å². The van der Waals surface area contributed by atoms with Crippen molar-refractivity contribution in [3.05, 3.63) is 35.2 Å². The van der Waals surface area contributed by atoms with Crippen molar-refractivity contribution in [1.29, 1.82) is 0 Å². The molecule has 1 heterocycles. The third kappa shape index (κ3) is 2.82. The van der Waals surface area contributed by atoms with Crippen molar-refractivity contribution in [3.8, 4) is 0 Å². The van der Waals surface area contributed by atoms with Gasteiger partial charge in [-0.05, 0) is 29.9 Å². The van der Waals surface area contributed by atoms with Gasteiger partial charge in [-0.15, -0.1) is 11.3 Å². The van der Waals surface area contributed by atoms with Crippen molar-refractivity contribution < 1.29 is 0 Å². The molecule has 0 saturated carbocycles. The lowest BCUT2D eigenvalue weighted by atomic mass is 10.1. The van der Waals surface area contributed by atoms with E-state index in [1.54, 1.807) is 11.3 Å². The molecule has 0 aliphatic carbocycles. The van der Waals surface area contributed by atoms with E-state index in [0.717, 1.165) is 0 Å². The standard InChI is InChI=1S/C14H17S/c1-2-3-4-5-6-12-7-8-13-9-10-15-14(13)11-12/h7-8,10-11H,2-6H2,1H3. The number of thiophene rings is 1. The minimum Gasteiger partial charge on any atom is -0.143 e. The Labute approximate surface area is 95.9 Å². The third-order valence-corrected chi connectivity index (χ3v) is 3.59. The van der Waals surface area contributed by atoms with Crippen molar-refractivity contribution in [2.24, 2.45) is 0 Å². The van der Waals surface area contributed by atoms with Crippen LogP contribution in [-0.4, -0.2) is 0 Å². The summed E-state index contributed by atoms with van der Waals surface area (Å²) in [7, 11) is 0. The van der Waals surface area contributed by atoms with Gasteiger partial charge in [-0.2, -0.15) is 0 Å². The lowest BCUT2D eigenvalue weighted by Crippen LogP contribution is -1.84. The van der Waals surface area contributed by atoms with E-state index in [4.69, 9.17) is 0 Å². The Bertz CT molecular complexity index is 414. The van der Waals surface area contributed by atoms with Crippen LogP contribution in [-0.2, 0) is 6.42 Å². The molecule has 1 heteroatoms. The number of hydrogen-bond donors (Lipinski definition) is 0.